The third kappa shape index (κ3) is 3.86. The fourth-order valence-corrected chi connectivity index (χ4v) is 2.77. The van der Waals surface area contributed by atoms with Gasteiger partial charge >= 0.3 is 6.36 Å². The number of alkyl halides is 3. The lowest BCUT2D eigenvalue weighted by atomic mass is 9.81. The van der Waals surface area contributed by atoms with E-state index in [9.17, 15) is 13.2 Å². The van der Waals surface area contributed by atoms with Crippen LogP contribution in [0.1, 0.15) is 37.2 Å². The summed E-state index contributed by atoms with van der Waals surface area (Å²) >= 11 is 0. The molecule has 1 fully saturated rings. The van der Waals surface area contributed by atoms with Gasteiger partial charge in [0, 0.05) is 6.04 Å². The zero-order valence-electron chi connectivity index (χ0n) is 10.8. The largest absolute Gasteiger partial charge is 0.573 e. The molecule has 0 amide bonds. The van der Waals surface area contributed by atoms with Crippen LogP contribution in [0.5, 0.6) is 5.75 Å². The van der Waals surface area contributed by atoms with E-state index in [1.807, 2.05) is 7.05 Å². The Labute approximate surface area is 111 Å². The summed E-state index contributed by atoms with van der Waals surface area (Å²) < 4.78 is 41.3. The number of nitrogens with one attached hydrogen (secondary N) is 1. The molecule has 106 valence electrons. The van der Waals surface area contributed by atoms with Gasteiger partial charge < -0.3 is 10.1 Å². The SMILES string of the molecule is CNC1CCCC(c2ccccc2OC(F)(F)F)C1. The number of hydrogen-bond donors (Lipinski definition) is 1. The second kappa shape index (κ2) is 5.82. The maximum Gasteiger partial charge on any atom is 0.573 e. The molecule has 0 aromatic heterocycles. The average Bonchev–Trinajstić information content (AvgIpc) is 2.37. The van der Waals surface area contributed by atoms with E-state index in [1.165, 1.54) is 6.07 Å². The van der Waals surface area contributed by atoms with Gasteiger partial charge in [-0.25, -0.2) is 0 Å². The van der Waals surface area contributed by atoms with E-state index >= 15 is 0 Å². The van der Waals surface area contributed by atoms with Gasteiger partial charge in [-0.3, -0.25) is 0 Å². The first-order valence-electron chi connectivity index (χ1n) is 6.51. The Kier molecular flexibility index (Phi) is 4.34. The van der Waals surface area contributed by atoms with Crippen molar-refractivity contribution in [1.82, 2.24) is 5.32 Å². The van der Waals surface area contributed by atoms with Crippen molar-refractivity contribution in [1.29, 1.82) is 0 Å². The topological polar surface area (TPSA) is 21.3 Å². The van der Waals surface area contributed by atoms with Crippen LogP contribution < -0.4 is 10.1 Å². The van der Waals surface area contributed by atoms with Crippen LogP contribution in [0.15, 0.2) is 24.3 Å². The maximum atomic E-state index is 12.4. The van der Waals surface area contributed by atoms with Crippen molar-refractivity contribution in [2.45, 2.75) is 44.0 Å². The average molecular weight is 273 g/mol. The van der Waals surface area contributed by atoms with E-state index in [2.05, 4.69) is 10.1 Å². The zero-order valence-corrected chi connectivity index (χ0v) is 10.8. The van der Waals surface area contributed by atoms with Gasteiger partial charge in [0.2, 0.25) is 0 Å². The second-order valence-electron chi connectivity index (χ2n) is 4.93. The molecule has 1 saturated carbocycles. The van der Waals surface area contributed by atoms with Crippen LogP contribution in [0.2, 0.25) is 0 Å². The molecule has 1 aromatic rings. The van der Waals surface area contributed by atoms with E-state index in [4.69, 9.17) is 0 Å². The first-order chi connectivity index (χ1) is 8.99. The number of rotatable bonds is 3. The highest BCUT2D eigenvalue weighted by Crippen LogP contribution is 2.38. The summed E-state index contributed by atoms with van der Waals surface area (Å²) in [6.45, 7) is 0. The summed E-state index contributed by atoms with van der Waals surface area (Å²) in [4.78, 5) is 0. The highest BCUT2D eigenvalue weighted by Gasteiger charge is 2.33. The molecular weight excluding hydrogens is 255 g/mol. The molecule has 0 heterocycles. The summed E-state index contributed by atoms with van der Waals surface area (Å²) in [5.74, 6) is 0.0708. The molecule has 2 atom stereocenters. The van der Waals surface area contributed by atoms with E-state index in [-0.39, 0.29) is 11.7 Å². The standard InChI is InChI=1S/C14H18F3NO/c1-18-11-6-4-5-10(9-11)12-7-2-3-8-13(12)19-14(15,16)17/h2-3,7-8,10-11,18H,4-6,9H2,1H3. The molecule has 2 rings (SSSR count). The zero-order chi connectivity index (χ0) is 13.9. The number of hydrogen-bond acceptors (Lipinski definition) is 2. The highest BCUT2D eigenvalue weighted by molar-refractivity contribution is 5.36. The highest BCUT2D eigenvalue weighted by atomic mass is 19.4. The quantitative estimate of drug-likeness (QED) is 0.903. The van der Waals surface area contributed by atoms with E-state index in [0.717, 1.165) is 25.7 Å². The molecule has 1 aliphatic carbocycles. The Morgan fingerprint density at radius 3 is 2.63 bits per heavy atom. The fraction of sp³-hybridized carbons (Fsp3) is 0.571. The van der Waals surface area contributed by atoms with Crippen LogP contribution in [0.3, 0.4) is 0 Å². The van der Waals surface area contributed by atoms with Crippen LogP contribution in [0.4, 0.5) is 13.2 Å². The summed E-state index contributed by atoms with van der Waals surface area (Å²) in [5.41, 5.74) is 0.666. The minimum atomic E-state index is -4.63. The van der Waals surface area contributed by atoms with Crippen LogP contribution >= 0.6 is 0 Å². The molecule has 1 aliphatic rings. The molecule has 19 heavy (non-hydrogen) atoms. The van der Waals surface area contributed by atoms with Gasteiger partial charge in [-0.15, -0.1) is 13.2 Å². The number of ether oxygens (including phenoxy) is 1. The van der Waals surface area contributed by atoms with Crippen molar-refractivity contribution in [3.8, 4) is 5.75 Å². The maximum absolute atomic E-state index is 12.4. The molecule has 2 unspecified atom stereocenters. The van der Waals surface area contributed by atoms with Crippen molar-refractivity contribution < 1.29 is 17.9 Å². The van der Waals surface area contributed by atoms with Crippen LogP contribution in [-0.2, 0) is 0 Å². The van der Waals surface area contributed by atoms with Crippen molar-refractivity contribution >= 4 is 0 Å². The Morgan fingerprint density at radius 1 is 1.21 bits per heavy atom. The van der Waals surface area contributed by atoms with Gasteiger partial charge in [0.05, 0.1) is 0 Å². The monoisotopic (exact) mass is 273 g/mol. The molecular formula is C14H18F3NO. The summed E-state index contributed by atoms with van der Waals surface area (Å²) in [5, 5.41) is 3.21. The van der Waals surface area contributed by atoms with Gasteiger partial charge in [0.15, 0.2) is 0 Å². The third-order valence-electron chi connectivity index (χ3n) is 3.67. The Morgan fingerprint density at radius 2 is 1.95 bits per heavy atom. The van der Waals surface area contributed by atoms with Crippen molar-refractivity contribution in [2.75, 3.05) is 7.05 Å². The second-order valence-corrected chi connectivity index (χ2v) is 4.93. The minimum absolute atomic E-state index is 0.0586. The molecule has 0 radical (unpaired) electrons. The third-order valence-corrected chi connectivity index (χ3v) is 3.67. The van der Waals surface area contributed by atoms with Gasteiger partial charge in [0.25, 0.3) is 0 Å². The lowest BCUT2D eigenvalue weighted by molar-refractivity contribution is -0.275. The lowest BCUT2D eigenvalue weighted by Gasteiger charge is -2.30. The predicted octanol–water partition coefficient (Wildman–Crippen LogP) is 3.83. The van der Waals surface area contributed by atoms with E-state index in [1.54, 1.807) is 18.2 Å². The van der Waals surface area contributed by atoms with Gasteiger partial charge in [-0.2, -0.15) is 0 Å². The molecule has 1 aromatic carbocycles. The number of halogens is 3. The van der Waals surface area contributed by atoms with Gasteiger partial charge in [0.1, 0.15) is 5.75 Å². The van der Waals surface area contributed by atoms with Crippen molar-refractivity contribution in [3.63, 3.8) is 0 Å². The molecule has 1 N–H and O–H groups in total. The molecule has 0 aliphatic heterocycles. The van der Waals surface area contributed by atoms with Gasteiger partial charge in [-0.1, -0.05) is 24.6 Å². The molecule has 5 heteroatoms. The summed E-state index contributed by atoms with van der Waals surface area (Å²) in [7, 11) is 1.89. The number of benzene rings is 1. The van der Waals surface area contributed by atoms with Gasteiger partial charge in [-0.05, 0) is 43.9 Å². The first kappa shape index (κ1) is 14.2. The Bertz CT molecular complexity index is 419. The predicted molar refractivity (Wildman–Crippen MR) is 67.2 cm³/mol. The Balaban J connectivity index is 2.19. The molecule has 2 nitrogen and oxygen atoms in total. The van der Waals surface area contributed by atoms with Crippen molar-refractivity contribution in [3.05, 3.63) is 29.8 Å². The first-order valence-corrected chi connectivity index (χ1v) is 6.51. The van der Waals surface area contributed by atoms with Crippen LogP contribution in [0, 0.1) is 0 Å². The molecule has 0 spiro atoms. The Hall–Kier alpha value is -1.23. The summed E-state index contributed by atoms with van der Waals surface area (Å²) in [6, 6.07) is 6.85. The van der Waals surface area contributed by atoms with Crippen molar-refractivity contribution in [2.24, 2.45) is 0 Å². The smallest absolute Gasteiger partial charge is 0.405 e. The lowest BCUT2D eigenvalue weighted by Crippen LogP contribution is -2.30. The van der Waals surface area contributed by atoms with E-state index in [0.29, 0.717) is 11.6 Å². The van der Waals surface area contributed by atoms with E-state index < -0.39 is 6.36 Å². The number of para-hydroxylation sites is 1. The fourth-order valence-electron chi connectivity index (χ4n) is 2.77. The minimum Gasteiger partial charge on any atom is -0.405 e. The summed E-state index contributed by atoms with van der Waals surface area (Å²) in [6.07, 6.45) is -0.760. The molecule has 0 saturated heterocycles. The van der Waals surface area contributed by atoms with Crippen LogP contribution in [0.25, 0.3) is 0 Å². The normalized spacial score (nSPS) is 24.2. The van der Waals surface area contributed by atoms with Crippen LogP contribution in [-0.4, -0.2) is 19.5 Å². The molecule has 0 bridgehead atoms.